The number of carboxylic acid groups (broad SMARTS) is 1. The molecule has 1 N–H and O–H groups in total. The van der Waals surface area contributed by atoms with Gasteiger partial charge in [-0.3, -0.25) is 0 Å². The van der Waals surface area contributed by atoms with Crippen molar-refractivity contribution in [2.24, 2.45) is 0 Å². The lowest BCUT2D eigenvalue weighted by atomic mass is 10.2. The molecule has 0 fully saturated rings. The molecule has 5 nitrogen and oxygen atoms in total. The first-order valence-electron chi connectivity index (χ1n) is 6.89. The van der Waals surface area contributed by atoms with Crippen LogP contribution in [0.2, 0.25) is 5.02 Å². The molecule has 0 aliphatic rings. The molecular formula is C17H11ClN2O3S. The smallest absolute Gasteiger partial charge is 0.342 e. The van der Waals surface area contributed by atoms with Crippen molar-refractivity contribution in [2.45, 2.75) is 5.22 Å². The van der Waals surface area contributed by atoms with Gasteiger partial charge >= 0.3 is 5.97 Å². The molecular weight excluding hydrogens is 348 g/mol. The van der Waals surface area contributed by atoms with Crippen LogP contribution >= 0.6 is 23.4 Å². The second-order valence-corrected chi connectivity index (χ2v) is 6.14. The quantitative estimate of drug-likeness (QED) is 0.530. The van der Waals surface area contributed by atoms with Crippen molar-refractivity contribution in [1.82, 2.24) is 10.2 Å². The second-order valence-electron chi connectivity index (χ2n) is 4.71. The maximum atomic E-state index is 11.4. The molecule has 2 aromatic carbocycles. The summed E-state index contributed by atoms with van der Waals surface area (Å²) in [5.74, 6) is -0.756. The van der Waals surface area contributed by atoms with Crippen molar-refractivity contribution in [2.75, 3.05) is 0 Å². The van der Waals surface area contributed by atoms with Crippen LogP contribution in [0.15, 0.2) is 69.1 Å². The predicted molar refractivity (Wildman–Crippen MR) is 92.7 cm³/mol. The molecule has 0 spiro atoms. The molecule has 0 atom stereocenters. The molecule has 0 aliphatic carbocycles. The van der Waals surface area contributed by atoms with E-state index >= 15 is 0 Å². The van der Waals surface area contributed by atoms with Crippen LogP contribution in [-0.2, 0) is 4.79 Å². The van der Waals surface area contributed by atoms with Gasteiger partial charge in [0.25, 0.3) is 5.22 Å². The van der Waals surface area contributed by atoms with Gasteiger partial charge in [0.05, 0.1) is 0 Å². The molecule has 7 heteroatoms. The van der Waals surface area contributed by atoms with Gasteiger partial charge in [-0.15, -0.1) is 10.2 Å². The molecule has 1 heterocycles. The van der Waals surface area contributed by atoms with E-state index in [1.54, 1.807) is 30.3 Å². The first-order chi connectivity index (χ1) is 11.6. The Hall–Kier alpha value is -2.57. The summed E-state index contributed by atoms with van der Waals surface area (Å²) in [5.41, 5.74) is 1.49. The number of thioether (sulfide) groups is 1. The van der Waals surface area contributed by atoms with Gasteiger partial charge in [-0.2, -0.15) is 0 Å². The molecule has 0 radical (unpaired) electrons. The Morgan fingerprint density at radius 2 is 1.79 bits per heavy atom. The summed E-state index contributed by atoms with van der Waals surface area (Å²) in [6.45, 7) is 0. The number of nitrogens with zero attached hydrogens (tertiary/aromatic N) is 2. The molecule has 3 aromatic rings. The number of aliphatic carboxylic acids is 1. The molecule has 0 saturated heterocycles. The van der Waals surface area contributed by atoms with Gasteiger partial charge in [0.2, 0.25) is 5.89 Å². The van der Waals surface area contributed by atoms with Gasteiger partial charge in [0, 0.05) is 10.6 Å². The SMILES string of the molecule is O=C(O)/C(=C/c1ccccc1)Sc1nnc(-c2ccc(Cl)cc2)o1. The molecule has 120 valence electrons. The summed E-state index contributed by atoms with van der Waals surface area (Å²) in [6.07, 6.45) is 1.55. The number of aromatic nitrogens is 2. The molecule has 24 heavy (non-hydrogen) atoms. The highest BCUT2D eigenvalue weighted by atomic mass is 35.5. The zero-order valence-corrected chi connectivity index (χ0v) is 13.8. The third kappa shape index (κ3) is 4.04. The van der Waals surface area contributed by atoms with Crippen LogP contribution in [0.1, 0.15) is 5.56 Å². The summed E-state index contributed by atoms with van der Waals surface area (Å²) in [6, 6.07) is 16.1. The number of halogens is 1. The second kappa shape index (κ2) is 7.33. The van der Waals surface area contributed by atoms with Crippen LogP contribution in [0, 0.1) is 0 Å². The van der Waals surface area contributed by atoms with Crippen LogP contribution in [-0.4, -0.2) is 21.3 Å². The van der Waals surface area contributed by atoms with Crippen molar-refractivity contribution in [1.29, 1.82) is 0 Å². The van der Waals surface area contributed by atoms with E-state index in [2.05, 4.69) is 10.2 Å². The van der Waals surface area contributed by atoms with Crippen molar-refractivity contribution < 1.29 is 14.3 Å². The predicted octanol–water partition coefficient (Wildman–Crippen LogP) is 4.61. The highest BCUT2D eigenvalue weighted by Gasteiger charge is 2.15. The Morgan fingerprint density at radius 3 is 2.46 bits per heavy atom. The van der Waals surface area contributed by atoms with Crippen LogP contribution in [0.3, 0.4) is 0 Å². The fourth-order valence-corrected chi connectivity index (χ4v) is 2.69. The lowest BCUT2D eigenvalue weighted by molar-refractivity contribution is -0.131. The zero-order valence-electron chi connectivity index (χ0n) is 12.2. The molecule has 1 aromatic heterocycles. The number of hydrogen-bond donors (Lipinski definition) is 1. The van der Waals surface area contributed by atoms with Crippen LogP contribution in [0.4, 0.5) is 0 Å². The minimum Gasteiger partial charge on any atom is -0.477 e. The minimum atomic E-state index is -1.06. The molecule has 0 amide bonds. The average molecular weight is 359 g/mol. The first-order valence-corrected chi connectivity index (χ1v) is 8.08. The highest BCUT2D eigenvalue weighted by Crippen LogP contribution is 2.30. The maximum absolute atomic E-state index is 11.4. The fourth-order valence-electron chi connectivity index (χ4n) is 1.89. The van der Waals surface area contributed by atoms with E-state index in [9.17, 15) is 9.90 Å². The van der Waals surface area contributed by atoms with Gasteiger partial charge in [0.1, 0.15) is 4.91 Å². The maximum Gasteiger partial charge on any atom is 0.342 e. The van der Waals surface area contributed by atoms with Crippen molar-refractivity contribution >= 4 is 35.4 Å². The minimum absolute atomic E-state index is 0.0903. The van der Waals surface area contributed by atoms with Gasteiger partial charge in [0.15, 0.2) is 0 Å². The Morgan fingerprint density at radius 1 is 1.08 bits per heavy atom. The van der Waals surface area contributed by atoms with Crippen molar-refractivity contribution in [3.8, 4) is 11.5 Å². The van der Waals surface area contributed by atoms with Crippen molar-refractivity contribution in [3.05, 3.63) is 70.1 Å². The number of rotatable bonds is 5. The summed E-state index contributed by atoms with van der Waals surface area (Å²) in [4.78, 5) is 11.5. The monoisotopic (exact) mass is 358 g/mol. The largest absolute Gasteiger partial charge is 0.477 e. The number of hydrogen-bond acceptors (Lipinski definition) is 5. The van der Waals surface area contributed by atoms with E-state index < -0.39 is 5.97 Å². The summed E-state index contributed by atoms with van der Waals surface area (Å²) < 4.78 is 5.52. The standard InChI is InChI=1S/C17H11ClN2O3S/c18-13-8-6-12(7-9-13)15-19-20-17(23-15)24-14(16(21)22)10-11-4-2-1-3-5-11/h1-10H,(H,21,22)/b14-10-. The summed E-state index contributed by atoms with van der Waals surface area (Å²) in [7, 11) is 0. The van der Waals surface area contributed by atoms with E-state index in [1.807, 2.05) is 30.3 Å². The lowest BCUT2D eigenvalue weighted by Gasteiger charge is -1.99. The van der Waals surface area contributed by atoms with E-state index in [4.69, 9.17) is 16.0 Å². The van der Waals surface area contributed by atoms with E-state index in [1.165, 1.54) is 0 Å². The topological polar surface area (TPSA) is 76.2 Å². The molecule has 0 saturated carbocycles. The van der Waals surface area contributed by atoms with Crippen molar-refractivity contribution in [3.63, 3.8) is 0 Å². The van der Waals surface area contributed by atoms with E-state index in [0.29, 0.717) is 16.5 Å². The highest BCUT2D eigenvalue weighted by molar-refractivity contribution is 8.03. The average Bonchev–Trinajstić information content (AvgIpc) is 3.04. The Kier molecular flexibility index (Phi) is 4.98. The van der Waals surface area contributed by atoms with E-state index in [0.717, 1.165) is 17.3 Å². The number of carbonyl (C=O) groups is 1. The Balaban J connectivity index is 1.83. The van der Waals surface area contributed by atoms with Gasteiger partial charge in [-0.1, -0.05) is 41.9 Å². The Bertz CT molecular complexity index is 876. The summed E-state index contributed by atoms with van der Waals surface area (Å²) in [5, 5.41) is 17.9. The molecule has 0 bridgehead atoms. The lowest BCUT2D eigenvalue weighted by Crippen LogP contribution is -1.96. The number of carboxylic acids is 1. The Labute approximate surface area is 147 Å². The zero-order chi connectivity index (χ0) is 16.9. The molecule has 0 aliphatic heterocycles. The molecule has 0 unspecified atom stereocenters. The molecule has 3 rings (SSSR count). The number of benzene rings is 2. The summed E-state index contributed by atoms with van der Waals surface area (Å²) >= 11 is 6.75. The third-order valence-electron chi connectivity index (χ3n) is 3.00. The third-order valence-corrected chi connectivity index (χ3v) is 4.11. The van der Waals surface area contributed by atoms with Crippen LogP contribution < -0.4 is 0 Å². The van der Waals surface area contributed by atoms with Gasteiger partial charge in [-0.05, 0) is 47.7 Å². The van der Waals surface area contributed by atoms with Gasteiger partial charge in [-0.25, -0.2) is 4.79 Å². The van der Waals surface area contributed by atoms with Crippen LogP contribution in [0.5, 0.6) is 0 Å². The normalized spacial score (nSPS) is 11.5. The first kappa shape index (κ1) is 16.3. The van der Waals surface area contributed by atoms with E-state index in [-0.39, 0.29) is 10.1 Å². The fraction of sp³-hybridized carbons (Fsp3) is 0. The van der Waals surface area contributed by atoms with Gasteiger partial charge < -0.3 is 9.52 Å². The van der Waals surface area contributed by atoms with Crippen LogP contribution in [0.25, 0.3) is 17.5 Å².